The van der Waals surface area contributed by atoms with Crippen molar-refractivity contribution in [2.24, 2.45) is 0 Å². The number of anilines is 1. The van der Waals surface area contributed by atoms with Gasteiger partial charge in [0.05, 0.1) is 6.20 Å². The van der Waals surface area contributed by atoms with Crippen molar-refractivity contribution in [3.05, 3.63) is 94.4 Å². The second kappa shape index (κ2) is 8.16. The molecule has 0 aliphatic heterocycles. The summed E-state index contributed by atoms with van der Waals surface area (Å²) in [6.07, 6.45) is 3.29. The number of carbonyl (C=O) groups excluding carboxylic acids is 1. The summed E-state index contributed by atoms with van der Waals surface area (Å²) >= 11 is 0. The fourth-order valence-electron chi connectivity index (χ4n) is 3.31. The number of nitrogens with zero attached hydrogens (tertiary/aromatic N) is 2. The molecule has 4 rings (SSSR count). The Hall–Kier alpha value is -4.00. The van der Waals surface area contributed by atoms with E-state index in [-0.39, 0.29) is 11.5 Å². The fourth-order valence-corrected chi connectivity index (χ4v) is 3.31. The first-order chi connectivity index (χ1) is 14.6. The molecule has 1 amide bonds. The van der Waals surface area contributed by atoms with Gasteiger partial charge in [0.1, 0.15) is 10.9 Å². The van der Waals surface area contributed by atoms with Crippen LogP contribution in [0.1, 0.15) is 21.5 Å². The third kappa shape index (κ3) is 3.65. The predicted molar refractivity (Wildman–Crippen MR) is 117 cm³/mol. The minimum absolute atomic E-state index is 0.234. The zero-order chi connectivity index (χ0) is 21.1. The standard InChI is InChI=1S/C23H21N5O2/c1-3-11-24-22(29)17-13-18-20(26-19(17)25-14-16-9-5-4-6-10-16)27-21-15(2)8-7-12-28(21)23(18)30/h3-10,12-13H,1,11,14H2,2H3,(H,24,29)(H,25,26)/p+1. The lowest BCUT2D eigenvalue weighted by atomic mass is 10.1. The number of aromatic nitrogens is 3. The lowest BCUT2D eigenvalue weighted by molar-refractivity contribution is -0.319. The zero-order valence-corrected chi connectivity index (χ0v) is 16.6. The second-order valence-electron chi connectivity index (χ2n) is 6.96. The number of pyridine rings is 2. The maximum absolute atomic E-state index is 13.1. The van der Waals surface area contributed by atoms with Crippen molar-refractivity contribution < 1.29 is 9.78 Å². The molecule has 0 atom stereocenters. The van der Waals surface area contributed by atoms with Gasteiger partial charge in [0, 0.05) is 18.7 Å². The van der Waals surface area contributed by atoms with Crippen molar-refractivity contribution in [2.45, 2.75) is 13.5 Å². The van der Waals surface area contributed by atoms with Gasteiger partial charge in [-0.2, -0.15) is 4.40 Å². The van der Waals surface area contributed by atoms with E-state index in [1.54, 1.807) is 18.3 Å². The number of aromatic amines is 1. The van der Waals surface area contributed by atoms with Crippen molar-refractivity contribution in [2.75, 3.05) is 11.9 Å². The van der Waals surface area contributed by atoms with Crippen molar-refractivity contribution in [3.8, 4) is 0 Å². The lowest BCUT2D eigenvalue weighted by Gasteiger charge is -2.10. The zero-order valence-electron chi connectivity index (χ0n) is 16.6. The van der Waals surface area contributed by atoms with E-state index in [1.807, 2.05) is 49.4 Å². The van der Waals surface area contributed by atoms with Crippen LogP contribution in [-0.4, -0.2) is 21.8 Å². The molecule has 150 valence electrons. The Bertz CT molecular complexity index is 1310. The van der Waals surface area contributed by atoms with Crippen LogP contribution >= 0.6 is 0 Å². The molecule has 7 nitrogen and oxygen atoms in total. The van der Waals surface area contributed by atoms with Crippen LogP contribution in [0.5, 0.6) is 0 Å². The van der Waals surface area contributed by atoms with Crippen LogP contribution < -0.4 is 21.2 Å². The monoisotopic (exact) mass is 400 g/mol. The highest BCUT2D eigenvalue weighted by molar-refractivity contribution is 6.01. The number of hydrogen-bond acceptors (Lipinski definition) is 4. The van der Waals surface area contributed by atoms with E-state index in [0.29, 0.717) is 41.2 Å². The molecule has 0 saturated heterocycles. The third-order valence-electron chi connectivity index (χ3n) is 4.86. The predicted octanol–water partition coefficient (Wildman–Crippen LogP) is 2.50. The van der Waals surface area contributed by atoms with E-state index in [4.69, 9.17) is 0 Å². The first kappa shape index (κ1) is 19.3. The highest BCUT2D eigenvalue weighted by atomic mass is 16.1. The summed E-state index contributed by atoms with van der Waals surface area (Å²) in [6.45, 7) is 6.36. The van der Waals surface area contributed by atoms with Gasteiger partial charge < -0.3 is 10.6 Å². The first-order valence-corrected chi connectivity index (χ1v) is 9.63. The van der Waals surface area contributed by atoms with E-state index < -0.39 is 0 Å². The Morgan fingerprint density at radius 3 is 2.80 bits per heavy atom. The number of rotatable bonds is 6. The topological polar surface area (TPSA) is 89.6 Å². The maximum atomic E-state index is 13.1. The Kier molecular flexibility index (Phi) is 5.26. The van der Waals surface area contributed by atoms with Crippen LogP contribution in [0.3, 0.4) is 0 Å². The van der Waals surface area contributed by atoms with Crippen LogP contribution in [0.15, 0.2) is 72.2 Å². The summed E-state index contributed by atoms with van der Waals surface area (Å²) in [7, 11) is 0. The average Bonchev–Trinajstić information content (AvgIpc) is 2.77. The summed E-state index contributed by atoms with van der Waals surface area (Å²) in [4.78, 5) is 33.6. The van der Waals surface area contributed by atoms with E-state index in [2.05, 4.69) is 27.2 Å². The van der Waals surface area contributed by atoms with E-state index in [9.17, 15) is 9.59 Å². The van der Waals surface area contributed by atoms with Crippen LogP contribution in [0.4, 0.5) is 5.82 Å². The molecule has 4 aromatic rings. The lowest BCUT2D eigenvalue weighted by Crippen LogP contribution is -2.28. The van der Waals surface area contributed by atoms with Crippen LogP contribution in [-0.2, 0) is 6.54 Å². The van der Waals surface area contributed by atoms with E-state index in [1.165, 1.54) is 4.40 Å². The van der Waals surface area contributed by atoms with Crippen molar-refractivity contribution in [1.29, 1.82) is 0 Å². The molecule has 0 aliphatic carbocycles. The number of aryl methyl sites for hydroxylation is 1. The molecule has 0 unspecified atom stereocenters. The third-order valence-corrected chi connectivity index (χ3v) is 4.86. The molecule has 0 radical (unpaired) electrons. The Labute approximate surface area is 173 Å². The smallest absolute Gasteiger partial charge is 0.325 e. The molecule has 0 fully saturated rings. The largest absolute Gasteiger partial charge is 0.352 e. The molecule has 0 saturated carbocycles. The van der Waals surface area contributed by atoms with Crippen LogP contribution in [0.2, 0.25) is 0 Å². The summed E-state index contributed by atoms with van der Waals surface area (Å²) in [5, 5.41) is 6.34. The minimum Gasteiger partial charge on any atom is -0.352 e. The summed E-state index contributed by atoms with van der Waals surface area (Å²) in [5.41, 5.74) is 3.13. The normalized spacial score (nSPS) is 10.8. The van der Waals surface area contributed by atoms with Crippen LogP contribution in [0.25, 0.3) is 16.7 Å². The van der Waals surface area contributed by atoms with Gasteiger partial charge in [-0.25, -0.2) is 9.78 Å². The molecule has 0 spiro atoms. The number of fused-ring (bicyclic) bond motifs is 2. The maximum Gasteiger partial charge on any atom is 0.325 e. The molecule has 7 heteroatoms. The molecule has 30 heavy (non-hydrogen) atoms. The van der Waals surface area contributed by atoms with Gasteiger partial charge in [-0.3, -0.25) is 4.79 Å². The van der Waals surface area contributed by atoms with E-state index >= 15 is 0 Å². The molecule has 3 heterocycles. The second-order valence-corrected chi connectivity index (χ2v) is 6.96. The Morgan fingerprint density at radius 1 is 1.23 bits per heavy atom. The van der Waals surface area contributed by atoms with Gasteiger partial charge >= 0.3 is 5.56 Å². The van der Waals surface area contributed by atoms with Crippen molar-refractivity contribution in [1.82, 2.24) is 14.7 Å². The summed E-state index contributed by atoms with van der Waals surface area (Å²) in [5.74, 6) is 0.0788. The number of H-pyrrole nitrogens is 1. The number of carbonyl (C=O) groups is 1. The Balaban J connectivity index is 1.86. The van der Waals surface area contributed by atoms with Crippen molar-refractivity contribution in [3.63, 3.8) is 0 Å². The quantitative estimate of drug-likeness (QED) is 0.384. The molecule has 0 bridgehead atoms. The fraction of sp³-hybridized carbons (Fsp3) is 0.130. The minimum atomic E-state index is -0.325. The summed E-state index contributed by atoms with van der Waals surface area (Å²) < 4.78 is 1.53. The van der Waals surface area contributed by atoms with Gasteiger partial charge in [-0.1, -0.05) is 41.4 Å². The number of nitrogens with one attached hydrogen (secondary N) is 3. The highest BCUT2D eigenvalue weighted by Gasteiger charge is 2.22. The highest BCUT2D eigenvalue weighted by Crippen LogP contribution is 2.18. The first-order valence-electron chi connectivity index (χ1n) is 9.63. The number of benzene rings is 1. The average molecular weight is 400 g/mol. The molecule has 1 aromatic carbocycles. The number of hydrogen-bond donors (Lipinski definition) is 2. The van der Waals surface area contributed by atoms with Gasteiger partial charge in [0.15, 0.2) is 0 Å². The molecule has 0 aliphatic rings. The van der Waals surface area contributed by atoms with E-state index in [0.717, 1.165) is 11.1 Å². The van der Waals surface area contributed by atoms with Crippen LogP contribution in [0, 0.1) is 6.92 Å². The molecular formula is C23H22N5O2+. The molecule has 3 N–H and O–H groups in total. The number of amides is 1. The SMILES string of the molecule is C=CCNC(=O)c1cc2c(=O)n3cccc(C)c3[nH+]c2nc1NCc1ccccc1. The van der Waals surface area contributed by atoms with Gasteiger partial charge in [-0.05, 0) is 30.7 Å². The van der Waals surface area contributed by atoms with Gasteiger partial charge in [0.2, 0.25) is 11.5 Å². The Morgan fingerprint density at radius 2 is 2.03 bits per heavy atom. The summed E-state index contributed by atoms with van der Waals surface area (Å²) in [6, 6.07) is 15.1. The van der Waals surface area contributed by atoms with Gasteiger partial charge in [0.25, 0.3) is 11.6 Å². The van der Waals surface area contributed by atoms with Gasteiger partial charge in [-0.15, -0.1) is 6.58 Å². The molecular weight excluding hydrogens is 378 g/mol. The molecule has 3 aromatic heterocycles. The van der Waals surface area contributed by atoms with Crippen molar-refractivity contribution >= 4 is 28.4 Å².